The van der Waals surface area contributed by atoms with Gasteiger partial charge in [-0.2, -0.15) is 0 Å². The van der Waals surface area contributed by atoms with Gasteiger partial charge in [0.1, 0.15) is 0 Å². The van der Waals surface area contributed by atoms with Crippen LogP contribution in [-0.2, 0) is 4.79 Å². The first kappa shape index (κ1) is 13.5. The Labute approximate surface area is 114 Å². The minimum Gasteiger partial charge on any atom is -0.476 e. The summed E-state index contributed by atoms with van der Waals surface area (Å²) in [6.07, 6.45) is 0. The molecular weight excluding hydrogens is 260 g/mol. The number of hydrogen-bond acceptors (Lipinski definition) is 5. The Morgan fingerprint density at radius 3 is 2.45 bits per heavy atom. The fraction of sp³-hybridized carbons (Fsp3) is 0.0769. The molecule has 20 heavy (non-hydrogen) atoms. The highest BCUT2D eigenvalue weighted by Gasteiger charge is 2.05. The lowest BCUT2D eigenvalue weighted by atomic mass is 10.2. The van der Waals surface area contributed by atoms with Gasteiger partial charge in [0.25, 0.3) is 0 Å². The first-order chi connectivity index (χ1) is 9.54. The quantitative estimate of drug-likeness (QED) is 0.785. The number of carboxylic acid groups (broad SMARTS) is 1. The maximum absolute atomic E-state index is 11.0. The minimum atomic E-state index is -1.13. The molecule has 7 nitrogen and oxygen atoms in total. The normalized spacial score (nSPS) is 9.85. The van der Waals surface area contributed by atoms with E-state index in [-0.39, 0.29) is 11.6 Å². The zero-order valence-electron chi connectivity index (χ0n) is 10.6. The lowest BCUT2D eigenvalue weighted by molar-refractivity contribution is -0.114. The second-order valence-electron chi connectivity index (χ2n) is 4.00. The molecule has 0 saturated carbocycles. The van der Waals surface area contributed by atoms with Gasteiger partial charge in [-0.1, -0.05) is 6.07 Å². The number of aromatic nitrogens is 2. The number of carbonyl (C=O) groups is 2. The molecule has 0 unspecified atom stereocenters. The Kier molecular flexibility index (Phi) is 3.90. The molecule has 7 heteroatoms. The van der Waals surface area contributed by atoms with Crippen LogP contribution in [0.1, 0.15) is 17.4 Å². The number of aromatic carboxylic acids is 1. The van der Waals surface area contributed by atoms with E-state index >= 15 is 0 Å². The van der Waals surface area contributed by atoms with E-state index < -0.39 is 5.97 Å². The fourth-order valence-electron chi connectivity index (χ4n) is 1.54. The third-order valence-electron chi connectivity index (χ3n) is 2.34. The molecule has 0 aliphatic rings. The van der Waals surface area contributed by atoms with Crippen molar-refractivity contribution in [3.05, 3.63) is 42.1 Å². The van der Waals surface area contributed by atoms with Gasteiger partial charge in [-0.3, -0.25) is 4.79 Å². The van der Waals surface area contributed by atoms with Crippen LogP contribution in [0.25, 0.3) is 0 Å². The van der Waals surface area contributed by atoms with E-state index in [0.29, 0.717) is 17.2 Å². The molecule has 0 spiro atoms. The van der Waals surface area contributed by atoms with Crippen molar-refractivity contribution in [3.8, 4) is 0 Å². The summed E-state index contributed by atoms with van der Waals surface area (Å²) in [5.74, 6) is -0.876. The number of hydrogen-bond donors (Lipinski definition) is 3. The number of nitrogens with zero attached hydrogens (tertiary/aromatic N) is 2. The fourth-order valence-corrected chi connectivity index (χ4v) is 1.54. The van der Waals surface area contributed by atoms with Gasteiger partial charge in [0, 0.05) is 18.3 Å². The van der Waals surface area contributed by atoms with Gasteiger partial charge in [0.05, 0.1) is 0 Å². The molecule has 3 N–H and O–H groups in total. The van der Waals surface area contributed by atoms with Gasteiger partial charge in [-0.25, -0.2) is 4.79 Å². The second-order valence-corrected chi connectivity index (χ2v) is 4.00. The van der Waals surface area contributed by atoms with Crippen LogP contribution in [0.15, 0.2) is 36.4 Å². The SMILES string of the molecule is CC(=O)Nc1cccc(Nc2ccc(C(=O)O)nn2)c1. The molecule has 0 aliphatic carbocycles. The molecule has 0 saturated heterocycles. The van der Waals surface area contributed by atoms with Crippen LogP contribution in [0.5, 0.6) is 0 Å². The Morgan fingerprint density at radius 2 is 1.85 bits per heavy atom. The van der Waals surface area contributed by atoms with Gasteiger partial charge < -0.3 is 15.7 Å². The number of benzene rings is 1. The monoisotopic (exact) mass is 272 g/mol. The van der Waals surface area contributed by atoms with E-state index in [1.54, 1.807) is 24.3 Å². The number of carbonyl (C=O) groups excluding carboxylic acids is 1. The van der Waals surface area contributed by atoms with Crippen LogP contribution in [0.4, 0.5) is 17.2 Å². The highest BCUT2D eigenvalue weighted by atomic mass is 16.4. The van der Waals surface area contributed by atoms with Crippen LogP contribution in [-0.4, -0.2) is 27.2 Å². The standard InChI is InChI=1S/C13H12N4O3/c1-8(18)14-9-3-2-4-10(7-9)15-12-6-5-11(13(19)20)16-17-12/h2-7H,1H3,(H,14,18)(H,15,17)(H,19,20). The van der Waals surface area contributed by atoms with Crippen LogP contribution in [0.2, 0.25) is 0 Å². The molecule has 0 radical (unpaired) electrons. The zero-order chi connectivity index (χ0) is 14.5. The number of anilines is 3. The highest BCUT2D eigenvalue weighted by Crippen LogP contribution is 2.18. The summed E-state index contributed by atoms with van der Waals surface area (Å²) in [4.78, 5) is 21.6. The van der Waals surface area contributed by atoms with E-state index in [9.17, 15) is 9.59 Å². The van der Waals surface area contributed by atoms with Crippen molar-refractivity contribution in [1.82, 2.24) is 10.2 Å². The molecule has 2 rings (SSSR count). The Balaban J connectivity index is 2.13. The van der Waals surface area contributed by atoms with Crippen molar-refractivity contribution < 1.29 is 14.7 Å². The summed E-state index contributed by atoms with van der Waals surface area (Å²) < 4.78 is 0. The molecule has 1 heterocycles. The largest absolute Gasteiger partial charge is 0.476 e. The number of nitrogens with one attached hydrogen (secondary N) is 2. The lowest BCUT2D eigenvalue weighted by Gasteiger charge is -2.07. The highest BCUT2D eigenvalue weighted by molar-refractivity contribution is 5.89. The van der Waals surface area contributed by atoms with Crippen LogP contribution in [0, 0.1) is 0 Å². The first-order valence-electron chi connectivity index (χ1n) is 5.76. The van der Waals surface area contributed by atoms with E-state index in [0.717, 1.165) is 0 Å². The molecule has 0 atom stereocenters. The molecule has 102 valence electrons. The summed E-state index contributed by atoms with van der Waals surface area (Å²) in [5.41, 5.74) is 1.23. The van der Waals surface area contributed by atoms with Crippen molar-refractivity contribution in [2.45, 2.75) is 6.92 Å². The summed E-state index contributed by atoms with van der Waals surface area (Å²) in [6.45, 7) is 1.43. The Hall–Kier alpha value is -2.96. The van der Waals surface area contributed by atoms with Crippen molar-refractivity contribution in [2.24, 2.45) is 0 Å². The third-order valence-corrected chi connectivity index (χ3v) is 2.34. The molecular formula is C13H12N4O3. The van der Waals surface area contributed by atoms with E-state index in [2.05, 4.69) is 20.8 Å². The minimum absolute atomic E-state index is 0.123. The van der Waals surface area contributed by atoms with Crippen molar-refractivity contribution in [1.29, 1.82) is 0 Å². The Bertz CT molecular complexity index is 640. The smallest absolute Gasteiger partial charge is 0.356 e. The zero-order valence-corrected chi connectivity index (χ0v) is 10.6. The molecule has 1 aromatic heterocycles. The summed E-state index contributed by atoms with van der Waals surface area (Å²) in [6, 6.07) is 9.92. The number of carboxylic acids is 1. The Morgan fingerprint density at radius 1 is 1.10 bits per heavy atom. The topological polar surface area (TPSA) is 104 Å². The van der Waals surface area contributed by atoms with Crippen molar-refractivity contribution >= 4 is 29.1 Å². The molecule has 2 aromatic rings. The summed E-state index contributed by atoms with van der Waals surface area (Å²) in [7, 11) is 0. The van der Waals surface area contributed by atoms with Crippen LogP contribution >= 0.6 is 0 Å². The average Bonchev–Trinajstić information content (AvgIpc) is 2.39. The lowest BCUT2D eigenvalue weighted by Crippen LogP contribution is -2.06. The summed E-state index contributed by atoms with van der Waals surface area (Å²) in [5, 5.41) is 21.7. The van der Waals surface area contributed by atoms with E-state index in [1.165, 1.54) is 19.1 Å². The second kappa shape index (κ2) is 5.79. The van der Waals surface area contributed by atoms with E-state index in [1.807, 2.05) is 0 Å². The van der Waals surface area contributed by atoms with Crippen LogP contribution in [0.3, 0.4) is 0 Å². The number of rotatable bonds is 4. The molecule has 0 fully saturated rings. The summed E-state index contributed by atoms with van der Waals surface area (Å²) >= 11 is 0. The van der Waals surface area contributed by atoms with Gasteiger partial charge >= 0.3 is 5.97 Å². The van der Waals surface area contributed by atoms with Gasteiger partial charge in [0.2, 0.25) is 5.91 Å². The maximum Gasteiger partial charge on any atom is 0.356 e. The third kappa shape index (κ3) is 3.52. The molecule has 0 aliphatic heterocycles. The predicted molar refractivity (Wildman–Crippen MR) is 73.0 cm³/mol. The molecule has 0 bridgehead atoms. The maximum atomic E-state index is 11.0. The van der Waals surface area contributed by atoms with Gasteiger partial charge in [-0.05, 0) is 30.3 Å². The molecule has 1 amide bonds. The van der Waals surface area contributed by atoms with Crippen molar-refractivity contribution in [3.63, 3.8) is 0 Å². The van der Waals surface area contributed by atoms with E-state index in [4.69, 9.17) is 5.11 Å². The first-order valence-corrected chi connectivity index (χ1v) is 5.76. The van der Waals surface area contributed by atoms with Gasteiger partial charge in [-0.15, -0.1) is 10.2 Å². The van der Waals surface area contributed by atoms with Crippen LogP contribution < -0.4 is 10.6 Å². The van der Waals surface area contributed by atoms with Gasteiger partial charge in [0.15, 0.2) is 11.5 Å². The molecule has 1 aromatic carbocycles. The average molecular weight is 272 g/mol. The predicted octanol–water partition coefficient (Wildman–Crippen LogP) is 1.88. The van der Waals surface area contributed by atoms with Crippen molar-refractivity contribution in [2.75, 3.05) is 10.6 Å². The number of amides is 1.